The van der Waals surface area contributed by atoms with E-state index in [-0.39, 0.29) is 22.9 Å². The molecule has 0 atom stereocenters. The van der Waals surface area contributed by atoms with Gasteiger partial charge in [0, 0.05) is 17.8 Å². The van der Waals surface area contributed by atoms with E-state index in [0.29, 0.717) is 24.6 Å². The topological polar surface area (TPSA) is 123 Å². The zero-order valence-corrected chi connectivity index (χ0v) is 20.2. The lowest BCUT2D eigenvalue weighted by Crippen LogP contribution is -2.36. The number of ether oxygens (including phenoxy) is 2. The van der Waals surface area contributed by atoms with E-state index in [4.69, 9.17) is 9.47 Å². The highest BCUT2D eigenvalue weighted by Crippen LogP contribution is 2.20. The largest absolute Gasteiger partial charge is 0.497 e. The highest BCUT2D eigenvalue weighted by molar-refractivity contribution is 7.92. The average Bonchev–Trinajstić information content (AvgIpc) is 2.87. The number of carbonyl (C=O) groups excluding carboxylic acids is 2. The fraction of sp³-hybridized carbons (Fsp3) is 0.200. The Balaban J connectivity index is 1.50. The summed E-state index contributed by atoms with van der Waals surface area (Å²) in [5.41, 5.74) is 1.50. The molecule has 3 N–H and O–H groups in total. The minimum Gasteiger partial charge on any atom is -0.497 e. The molecule has 0 fully saturated rings. The fourth-order valence-corrected chi connectivity index (χ4v) is 4.11. The molecule has 0 aliphatic carbocycles. The Hall–Kier alpha value is -4.05. The van der Waals surface area contributed by atoms with Crippen LogP contribution in [-0.2, 0) is 21.4 Å². The van der Waals surface area contributed by atoms with Crippen LogP contribution in [0.25, 0.3) is 0 Å². The summed E-state index contributed by atoms with van der Waals surface area (Å²) < 4.78 is 38.2. The highest BCUT2D eigenvalue weighted by atomic mass is 32.2. The molecule has 0 saturated carbocycles. The Labute approximate surface area is 204 Å². The van der Waals surface area contributed by atoms with E-state index in [2.05, 4.69) is 15.4 Å². The third kappa shape index (κ3) is 7.47. The number of hydrogen-bond acceptors (Lipinski definition) is 6. The Kier molecular flexibility index (Phi) is 8.69. The first kappa shape index (κ1) is 25.6. The average molecular weight is 498 g/mol. The van der Waals surface area contributed by atoms with Gasteiger partial charge >= 0.3 is 0 Å². The van der Waals surface area contributed by atoms with Gasteiger partial charge < -0.3 is 20.1 Å². The second-order valence-electron chi connectivity index (χ2n) is 7.39. The molecule has 10 heteroatoms. The zero-order chi connectivity index (χ0) is 25.3. The molecule has 0 aliphatic heterocycles. The number of carbonyl (C=O) groups is 2. The summed E-state index contributed by atoms with van der Waals surface area (Å²) in [6, 6.07) is 19.2. The van der Waals surface area contributed by atoms with Gasteiger partial charge in [0.05, 0.1) is 25.2 Å². The van der Waals surface area contributed by atoms with Crippen molar-refractivity contribution < 1.29 is 27.5 Å². The third-order valence-electron chi connectivity index (χ3n) is 4.90. The SMILES string of the molecule is CCOc1ccc(NS(=O)(=O)c2ccc(C(=O)NCC(=O)NCc3ccc(OC)cc3)cc2)cc1. The quantitative estimate of drug-likeness (QED) is 0.374. The smallest absolute Gasteiger partial charge is 0.261 e. The van der Waals surface area contributed by atoms with Gasteiger partial charge in [-0.25, -0.2) is 8.42 Å². The summed E-state index contributed by atoms with van der Waals surface area (Å²) in [6.45, 7) is 2.47. The summed E-state index contributed by atoms with van der Waals surface area (Å²) in [6.07, 6.45) is 0. The van der Waals surface area contributed by atoms with Gasteiger partial charge in [-0.1, -0.05) is 12.1 Å². The Morgan fingerprint density at radius 1 is 0.829 bits per heavy atom. The molecule has 9 nitrogen and oxygen atoms in total. The minimum atomic E-state index is -3.84. The van der Waals surface area contributed by atoms with Crippen LogP contribution in [0.2, 0.25) is 0 Å². The molecule has 3 aromatic rings. The number of sulfonamides is 1. The fourth-order valence-electron chi connectivity index (χ4n) is 3.05. The standard InChI is InChI=1S/C25H27N3O6S/c1-3-34-22-12-8-20(9-13-22)28-35(31,32)23-14-6-19(7-15-23)25(30)27-17-24(29)26-16-18-4-10-21(33-2)11-5-18/h4-15,28H,3,16-17H2,1-2H3,(H,26,29)(H,27,30). The van der Waals surface area contributed by atoms with Crippen LogP contribution >= 0.6 is 0 Å². The van der Waals surface area contributed by atoms with E-state index >= 15 is 0 Å². The van der Waals surface area contributed by atoms with Crippen molar-refractivity contribution in [3.05, 3.63) is 83.9 Å². The van der Waals surface area contributed by atoms with Crippen LogP contribution < -0.4 is 24.8 Å². The van der Waals surface area contributed by atoms with Gasteiger partial charge in [0.2, 0.25) is 5.91 Å². The molecule has 0 unspecified atom stereocenters. The molecule has 3 rings (SSSR count). The molecule has 0 spiro atoms. The number of rotatable bonds is 11. The first-order valence-corrected chi connectivity index (χ1v) is 12.3. The number of anilines is 1. The lowest BCUT2D eigenvalue weighted by atomic mass is 10.2. The second-order valence-corrected chi connectivity index (χ2v) is 9.08. The molecule has 2 amide bonds. The summed E-state index contributed by atoms with van der Waals surface area (Å²) in [7, 11) is -2.26. The number of methoxy groups -OCH3 is 1. The summed E-state index contributed by atoms with van der Waals surface area (Å²) >= 11 is 0. The van der Waals surface area contributed by atoms with Crippen molar-refractivity contribution in [2.75, 3.05) is 25.0 Å². The van der Waals surface area contributed by atoms with Gasteiger partial charge in [-0.05, 0) is 73.2 Å². The van der Waals surface area contributed by atoms with Crippen LogP contribution in [0.15, 0.2) is 77.7 Å². The summed E-state index contributed by atoms with van der Waals surface area (Å²) in [4.78, 5) is 24.4. The molecule has 0 bridgehead atoms. The Morgan fingerprint density at radius 3 is 2.06 bits per heavy atom. The van der Waals surface area contributed by atoms with Gasteiger partial charge in [0.25, 0.3) is 15.9 Å². The van der Waals surface area contributed by atoms with Crippen molar-refractivity contribution >= 4 is 27.5 Å². The molecule has 35 heavy (non-hydrogen) atoms. The maximum atomic E-state index is 12.6. The summed E-state index contributed by atoms with van der Waals surface area (Å²) in [5, 5.41) is 5.23. The molecule has 184 valence electrons. The van der Waals surface area contributed by atoms with E-state index in [1.54, 1.807) is 43.5 Å². The minimum absolute atomic E-state index is 0.000157. The Bertz CT molecular complexity index is 1240. The van der Waals surface area contributed by atoms with E-state index in [1.165, 1.54) is 24.3 Å². The van der Waals surface area contributed by atoms with Crippen molar-refractivity contribution in [3.8, 4) is 11.5 Å². The van der Waals surface area contributed by atoms with Gasteiger partial charge in [-0.15, -0.1) is 0 Å². The van der Waals surface area contributed by atoms with E-state index in [1.807, 2.05) is 19.1 Å². The molecular formula is C25H27N3O6S. The third-order valence-corrected chi connectivity index (χ3v) is 6.30. The lowest BCUT2D eigenvalue weighted by molar-refractivity contribution is -0.120. The van der Waals surface area contributed by atoms with Crippen molar-refractivity contribution in [3.63, 3.8) is 0 Å². The summed E-state index contributed by atoms with van der Waals surface area (Å²) in [5.74, 6) is 0.513. The van der Waals surface area contributed by atoms with Crippen LogP contribution in [-0.4, -0.2) is 40.5 Å². The molecule has 0 radical (unpaired) electrons. The normalized spacial score (nSPS) is 10.8. The van der Waals surface area contributed by atoms with E-state index in [0.717, 1.165) is 11.3 Å². The van der Waals surface area contributed by atoms with E-state index < -0.39 is 15.9 Å². The van der Waals surface area contributed by atoms with Crippen LogP contribution in [0.3, 0.4) is 0 Å². The molecule has 3 aromatic carbocycles. The van der Waals surface area contributed by atoms with Crippen LogP contribution in [0.4, 0.5) is 5.69 Å². The number of nitrogens with one attached hydrogen (secondary N) is 3. The molecule has 0 saturated heterocycles. The number of benzene rings is 3. The van der Waals surface area contributed by atoms with Gasteiger partial charge in [-0.2, -0.15) is 0 Å². The Morgan fingerprint density at radius 2 is 1.46 bits per heavy atom. The molecule has 0 aliphatic rings. The first-order chi connectivity index (χ1) is 16.8. The number of hydrogen-bond donors (Lipinski definition) is 3. The van der Waals surface area contributed by atoms with Crippen LogP contribution in [0.1, 0.15) is 22.8 Å². The monoisotopic (exact) mass is 497 g/mol. The predicted molar refractivity (Wildman–Crippen MR) is 132 cm³/mol. The lowest BCUT2D eigenvalue weighted by Gasteiger charge is -2.10. The molecule has 0 aromatic heterocycles. The molecular weight excluding hydrogens is 470 g/mol. The van der Waals surface area contributed by atoms with Gasteiger partial charge in [0.15, 0.2) is 0 Å². The van der Waals surface area contributed by atoms with Gasteiger partial charge in [0.1, 0.15) is 11.5 Å². The van der Waals surface area contributed by atoms with Crippen molar-refractivity contribution in [2.45, 2.75) is 18.4 Å². The van der Waals surface area contributed by atoms with E-state index in [9.17, 15) is 18.0 Å². The van der Waals surface area contributed by atoms with Crippen LogP contribution in [0, 0.1) is 0 Å². The number of amides is 2. The second kappa shape index (κ2) is 11.9. The van der Waals surface area contributed by atoms with Crippen molar-refractivity contribution in [2.24, 2.45) is 0 Å². The predicted octanol–water partition coefficient (Wildman–Crippen LogP) is 2.94. The maximum Gasteiger partial charge on any atom is 0.261 e. The van der Waals surface area contributed by atoms with Crippen LogP contribution in [0.5, 0.6) is 11.5 Å². The maximum absolute atomic E-state index is 12.6. The van der Waals surface area contributed by atoms with Gasteiger partial charge in [-0.3, -0.25) is 14.3 Å². The van der Waals surface area contributed by atoms with Crippen molar-refractivity contribution in [1.29, 1.82) is 0 Å². The van der Waals surface area contributed by atoms with Crippen molar-refractivity contribution in [1.82, 2.24) is 10.6 Å². The molecule has 0 heterocycles. The highest BCUT2D eigenvalue weighted by Gasteiger charge is 2.16. The zero-order valence-electron chi connectivity index (χ0n) is 19.4. The first-order valence-electron chi connectivity index (χ1n) is 10.8.